The zero-order chi connectivity index (χ0) is 30.5. The average Bonchev–Trinajstić information content (AvgIpc) is 3.38. The van der Waals surface area contributed by atoms with E-state index >= 15 is 4.39 Å². The number of benzene rings is 1. The van der Waals surface area contributed by atoms with Gasteiger partial charge >= 0.3 is 6.01 Å². The molecule has 236 valence electrons. The second-order valence-electron chi connectivity index (χ2n) is 14.3. The first kappa shape index (κ1) is 28.1. The van der Waals surface area contributed by atoms with E-state index < -0.39 is 11.4 Å². The fraction of sp³-hybridized carbons (Fsp3) is 0.576. The summed E-state index contributed by atoms with van der Waals surface area (Å²) < 4.78 is 29.5. The van der Waals surface area contributed by atoms with Gasteiger partial charge in [-0.05, 0) is 87.4 Å². The summed E-state index contributed by atoms with van der Waals surface area (Å²) in [6.45, 7) is 3.79. The Balaban J connectivity index is 1.23. The summed E-state index contributed by atoms with van der Waals surface area (Å²) >= 11 is 6.94. The Hall–Kier alpha value is -3.12. The van der Waals surface area contributed by atoms with Crippen LogP contribution in [0, 0.1) is 17.2 Å². The zero-order valence-electron chi connectivity index (χ0n) is 25.4. The van der Waals surface area contributed by atoms with Crippen molar-refractivity contribution < 1.29 is 19.0 Å². The SMILES string of the molecule is CN1CCC[C@H]1COc1nc2c3cnc(c(F)c3n1)-c1c(c(Cl)cc3[nH]ncc13)[C@H]1C[C@H]1COCC1(O)CC3(CCCN2C3)C1. The topological polar surface area (TPSA) is 113 Å². The monoisotopic (exact) mass is 633 g/mol. The molecule has 3 atom stereocenters. The van der Waals surface area contributed by atoms with Crippen molar-refractivity contribution in [2.75, 3.05) is 51.4 Å². The van der Waals surface area contributed by atoms with Gasteiger partial charge in [0.15, 0.2) is 5.82 Å². The van der Waals surface area contributed by atoms with Crippen molar-refractivity contribution in [3.63, 3.8) is 0 Å². The normalized spacial score (nSPS) is 31.2. The summed E-state index contributed by atoms with van der Waals surface area (Å²) in [5.41, 5.74) is 1.71. The number of anilines is 1. The lowest BCUT2D eigenvalue weighted by atomic mass is 9.56. The van der Waals surface area contributed by atoms with Crippen LogP contribution in [0.5, 0.6) is 6.01 Å². The number of rotatable bonds is 3. The van der Waals surface area contributed by atoms with Crippen LogP contribution < -0.4 is 9.64 Å². The van der Waals surface area contributed by atoms with Crippen molar-refractivity contribution in [2.45, 2.75) is 62.5 Å². The number of H-pyrrole nitrogens is 1. The molecular formula is C33H37ClFN7O3. The van der Waals surface area contributed by atoms with Gasteiger partial charge in [0.1, 0.15) is 23.6 Å². The van der Waals surface area contributed by atoms with Crippen molar-refractivity contribution in [1.82, 2.24) is 30.0 Å². The number of hydrogen-bond donors (Lipinski definition) is 2. The minimum atomic E-state index is -0.836. The second-order valence-corrected chi connectivity index (χ2v) is 14.7. The number of fused-ring (bicyclic) bond motifs is 1. The number of aliphatic hydroxyl groups is 1. The maximum atomic E-state index is 17.1. The van der Waals surface area contributed by atoms with Gasteiger partial charge in [-0.3, -0.25) is 10.1 Å². The molecule has 2 saturated carbocycles. The number of pyridine rings is 1. The smallest absolute Gasteiger partial charge is 0.319 e. The Morgan fingerprint density at radius 2 is 2.09 bits per heavy atom. The van der Waals surface area contributed by atoms with Gasteiger partial charge in [0.25, 0.3) is 0 Å². The maximum absolute atomic E-state index is 17.1. The van der Waals surface area contributed by atoms with E-state index in [4.69, 9.17) is 36.0 Å². The van der Waals surface area contributed by atoms with Gasteiger partial charge in [0.05, 0.1) is 35.9 Å². The standard InChI is InChI=1S/C33H37ClFN7O3/c1-41-6-2-4-19(41)13-45-31-38-28-22-10-36-29(27(28)35)26-21-11-37-40-24(21)9-23(34)25(26)20-8-18(20)12-44-17-33(43)14-32(15-33)5-3-7-42(16-32)30(22)39-31/h9-11,18-20,43H,2-8,12-17H2,1H3,(H,37,40)/t18-,19-,20-,32?,33?/m0/s1. The summed E-state index contributed by atoms with van der Waals surface area (Å²) in [5, 5.41) is 20.5. The number of nitrogens with one attached hydrogen (secondary N) is 1. The summed E-state index contributed by atoms with van der Waals surface area (Å²) in [6.07, 6.45) is 9.78. The number of aromatic amines is 1. The lowest BCUT2D eigenvalue weighted by Crippen LogP contribution is -2.60. The molecule has 7 aliphatic rings. The van der Waals surface area contributed by atoms with Gasteiger partial charge in [0, 0.05) is 41.3 Å². The molecule has 4 fully saturated rings. The summed E-state index contributed by atoms with van der Waals surface area (Å²) in [5.74, 6) is 0.406. The minimum Gasteiger partial charge on any atom is -0.462 e. The van der Waals surface area contributed by atoms with Gasteiger partial charge < -0.3 is 24.4 Å². The molecule has 45 heavy (non-hydrogen) atoms. The van der Waals surface area contributed by atoms with Crippen LogP contribution in [-0.4, -0.2) is 93.3 Å². The fourth-order valence-corrected chi connectivity index (χ4v) is 9.21. The number of aromatic nitrogens is 5. The lowest BCUT2D eigenvalue weighted by Gasteiger charge is -2.57. The highest BCUT2D eigenvalue weighted by Gasteiger charge is 2.55. The number of ether oxygens (including phenoxy) is 2. The molecule has 7 bridgehead atoms. The van der Waals surface area contributed by atoms with Gasteiger partial charge in [-0.1, -0.05) is 11.6 Å². The van der Waals surface area contributed by atoms with Crippen molar-refractivity contribution in [1.29, 1.82) is 0 Å². The minimum absolute atomic E-state index is 0.0418. The van der Waals surface area contributed by atoms with E-state index in [1.165, 1.54) is 0 Å². The van der Waals surface area contributed by atoms with Crippen LogP contribution in [-0.2, 0) is 4.74 Å². The van der Waals surface area contributed by atoms with Crippen molar-refractivity contribution in [2.24, 2.45) is 11.3 Å². The largest absolute Gasteiger partial charge is 0.462 e. The van der Waals surface area contributed by atoms with E-state index in [9.17, 15) is 5.11 Å². The summed E-state index contributed by atoms with van der Waals surface area (Å²) in [7, 11) is 2.10. The van der Waals surface area contributed by atoms with E-state index in [-0.39, 0.29) is 40.5 Å². The van der Waals surface area contributed by atoms with Gasteiger partial charge in [-0.2, -0.15) is 15.1 Å². The van der Waals surface area contributed by atoms with E-state index in [2.05, 4.69) is 27.0 Å². The lowest BCUT2D eigenvalue weighted by molar-refractivity contribution is -0.168. The molecule has 10 nitrogen and oxygen atoms in total. The van der Waals surface area contributed by atoms with Crippen molar-refractivity contribution >= 4 is 39.2 Å². The van der Waals surface area contributed by atoms with Crippen molar-refractivity contribution in [3.8, 4) is 17.3 Å². The zero-order valence-corrected chi connectivity index (χ0v) is 26.1. The molecule has 0 radical (unpaired) electrons. The van der Waals surface area contributed by atoms with Crippen LogP contribution in [0.15, 0.2) is 18.5 Å². The molecule has 4 aromatic rings. The molecule has 3 aromatic heterocycles. The number of hydrogen-bond acceptors (Lipinski definition) is 9. The molecule has 1 spiro atoms. The van der Waals surface area contributed by atoms with Crippen LogP contribution in [0.25, 0.3) is 33.1 Å². The van der Waals surface area contributed by atoms with E-state index in [0.717, 1.165) is 56.1 Å². The Morgan fingerprint density at radius 3 is 2.93 bits per heavy atom. The number of piperidine rings is 1. The molecule has 12 heteroatoms. The first-order valence-corrected chi connectivity index (χ1v) is 16.6. The third-order valence-corrected chi connectivity index (χ3v) is 11.4. The second kappa shape index (κ2) is 10.2. The Labute approximate surface area is 265 Å². The van der Waals surface area contributed by atoms with Gasteiger partial charge in [-0.15, -0.1) is 0 Å². The molecule has 0 unspecified atom stereocenters. The predicted molar refractivity (Wildman–Crippen MR) is 168 cm³/mol. The number of nitrogens with zero attached hydrogens (tertiary/aromatic N) is 6. The van der Waals surface area contributed by atoms with E-state index in [1.807, 2.05) is 6.07 Å². The van der Waals surface area contributed by atoms with Crippen LogP contribution in [0.4, 0.5) is 10.2 Å². The highest BCUT2D eigenvalue weighted by atomic mass is 35.5. The average molecular weight is 634 g/mol. The molecule has 11 rings (SSSR count). The van der Waals surface area contributed by atoms with E-state index in [0.29, 0.717) is 66.5 Å². The first-order chi connectivity index (χ1) is 21.8. The van der Waals surface area contributed by atoms with Crippen LogP contribution >= 0.6 is 11.6 Å². The quantitative estimate of drug-likeness (QED) is 0.319. The van der Waals surface area contributed by atoms with Crippen LogP contribution in [0.1, 0.15) is 56.4 Å². The number of likely N-dealkylation sites (N-methyl/N-ethyl adjacent to an activating group) is 1. The van der Waals surface area contributed by atoms with Gasteiger partial charge in [0.2, 0.25) is 0 Å². The Bertz CT molecular complexity index is 1830. The first-order valence-electron chi connectivity index (χ1n) is 16.2. The third-order valence-electron chi connectivity index (χ3n) is 11.1. The molecule has 8 heterocycles. The molecule has 5 aliphatic heterocycles. The fourth-order valence-electron chi connectivity index (χ4n) is 8.86. The number of likely N-dealkylation sites (tertiary alicyclic amines) is 1. The third kappa shape index (κ3) is 4.60. The molecule has 2 N–H and O–H groups in total. The number of halogens is 2. The molecular weight excluding hydrogens is 597 g/mol. The molecule has 2 saturated heterocycles. The Morgan fingerprint density at radius 1 is 1.20 bits per heavy atom. The summed E-state index contributed by atoms with van der Waals surface area (Å²) in [6, 6.07) is 2.30. The maximum Gasteiger partial charge on any atom is 0.319 e. The predicted octanol–water partition coefficient (Wildman–Crippen LogP) is 5.08. The van der Waals surface area contributed by atoms with Crippen LogP contribution in [0.2, 0.25) is 5.02 Å². The summed E-state index contributed by atoms with van der Waals surface area (Å²) in [4.78, 5) is 18.9. The Kier molecular flexibility index (Phi) is 6.37. The highest BCUT2D eigenvalue weighted by molar-refractivity contribution is 6.33. The molecule has 2 aliphatic carbocycles. The molecule has 0 amide bonds. The van der Waals surface area contributed by atoms with Crippen LogP contribution in [0.3, 0.4) is 0 Å². The highest BCUT2D eigenvalue weighted by Crippen LogP contribution is 2.57. The molecule has 1 aromatic carbocycles. The van der Waals surface area contributed by atoms with E-state index in [1.54, 1.807) is 12.4 Å². The van der Waals surface area contributed by atoms with Gasteiger partial charge in [-0.25, -0.2) is 4.39 Å². The van der Waals surface area contributed by atoms with Crippen molar-refractivity contribution in [3.05, 3.63) is 34.9 Å².